The van der Waals surface area contributed by atoms with Gasteiger partial charge in [-0.05, 0) is 30.7 Å². The monoisotopic (exact) mass is 326 g/mol. The summed E-state index contributed by atoms with van der Waals surface area (Å²) in [6, 6.07) is 9.38. The van der Waals surface area contributed by atoms with E-state index in [1.54, 1.807) is 12.3 Å². The van der Waals surface area contributed by atoms with Crippen molar-refractivity contribution in [2.45, 2.75) is 19.4 Å². The van der Waals surface area contributed by atoms with Gasteiger partial charge in [-0.2, -0.15) is 0 Å². The number of carbonyl (C=O) groups excluding carboxylic acids is 1. The molecule has 0 fully saturated rings. The van der Waals surface area contributed by atoms with Crippen molar-refractivity contribution in [3.8, 4) is 0 Å². The van der Waals surface area contributed by atoms with Crippen LogP contribution in [-0.4, -0.2) is 32.3 Å². The van der Waals surface area contributed by atoms with Gasteiger partial charge < -0.3 is 9.88 Å². The molecule has 2 aromatic heterocycles. The number of nitrogens with one attached hydrogen (secondary N) is 1. The molecule has 1 aliphatic heterocycles. The van der Waals surface area contributed by atoms with E-state index in [0.717, 1.165) is 23.2 Å². The number of nitrogens with zero attached hydrogens (tertiary/aromatic N) is 3. The minimum absolute atomic E-state index is 0.0244. The molecular formula is C17H15ClN4O. The first-order valence-corrected chi connectivity index (χ1v) is 7.92. The Morgan fingerprint density at radius 3 is 3.04 bits per heavy atom. The van der Waals surface area contributed by atoms with Crippen molar-refractivity contribution >= 4 is 28.5 Å². The van der Waals surface area contributed by atoms with Gasteiger partial charge in [-0.1, -0.05) is 23.7 Å². The summed E-state index contributed by atoms with van der Waals surface area (Å²) in [5.74, 6) is 0.214. The predicted molar refractivity (Wildman–Crippen MR) is 88.5 cm³/mol. The topological polar surface area (TPSA) is 61.9 Å². The summed E-state index contributed by atoms with van der Waals surface area (Å²) in [5, 5.41) is 0.541. The van der Waals surface area contributed by atoms with E-state index < -0.39 is 0 Å². The number of amides is 1. The van der Waals surface area contributed by atoms with Gasteiger partial charge in [-0.3, -0.25) is 9.78 Å². The molecule has 116 valence electrons. The number of carbonyl (C=O) groups is 1. The number of aromatic nitrogens is 3. The third-order valence-electron chi connectivity index (χ3n) is 4.36. The second-order valence-corrected chi connectivity index (χ2v) is 6.09. The molecule has 4 rings (SSSR count). The molecule has 3 heterocycles. The van der Waals surface area contributed by atoms with Crippen LogP contribution in [0.3, 0.4) is 0 Å². The molecule has 0 bridgehead atoms. The second-order valence-electron chi connectivity index (χ2n) is 5.69. The van der Waals surface area contributed by atoms with Crippen LogP contribution in [0, 0.1) is 0 Å². The lowest BCUT2D eigenvalue weighted by atomic mass is 9.98. The Labute approximate surface area is 138 Å². The summed E-state index contributed by atoms with van der Waals surface area (Å²) >= 11 is 6.14. The van der Waals surface area contributed by atoms with Crippen LogP contribution in [0.25, 0.3) is 11.0 Å². The number of fused-ring (bicyclic) bond motifs is 2. The highest BCUT2D eigenvalue weighted by Crippen LogP contribution is 2.29. The van der Waals surface area contributed by atoms with Gasteiger partial charge in [0, 0.05) is 24.9 Å². The van der Waals surface area contributed by atoms with Crippen molar-refractivity contribution in [1.82, 2.24) is 19.9 Å². The number of H-pyrrole nitrogens is 1. The van der Waals surface area contributed by atoms with Crippen LogP contribution in [0.1, 0.15) is 34.8 Å². The molecule has 1 N–H and O–H groups in total. The molecule has 0 spiro atoms. The lowest BCUT2D eigenvalue weighted by molar-refractivity contribution is 0.0665. The summed E-state index contributed by atoms with van der Waals surface area (Å²) in [7, 11) is 0. The average molecular weight is 327 g/mol. The zero-order chi connectivity index (χ0) is 16.0. The molecule has 1 aliphatic rings. The quantitative estimate of drug-likeness (QED) is 0.745. The van der Waals surface area contributed by atoms with E-state index in [4.69, 9.17) is 11.6 Å². The molecule has 23 heavy (non-hydrogen) atoms. The lowest BCUT2D eigenvalue weighted by Crippen LogP contribution is -2.39. The van der Waals surface area contributed by atoms with Crippen LogP contribution >= 0.6 is 11.6 Å². The zero-order valence-electron chi connectivity index (χ0n) is 12.6. The number of benzene rings is 1. The smallest absolute Gasteiger partial charge is 0.290 e. The molecule has 5 nitrogen and oxygen atoms in total. The van der Waals surface area contributed by atoms with Crippen LogP contribution in [0.5, 0.6) is 0 Å². The molecule has 0 radical (unpaired) electrons. The van der Waals surface area contributed by atoms with Crippen molar-refractivity contribution < 1.29 is 4.79 Å². The maximum Gasteiger partial charge on any atom is 0.290 e. The summed E-state index contributed by atoms with van der Waals surface area (Å²) < 4.78 is 0. The van der Waals surface area contributed by atoms with Crippen LogP contribution in [0.15, 0.2) is 36.5 Å². The number of pyridine rings is 1. The largest absolute Gasteiger partial charge is 0.334 e. The van der Waals surface area contributed by atoms with E-state index in [9.17, 15) is 4.79 Å². The fourth-order valence-electron chi connectivity index (χ4n) is 3.14. The van der Waals surface area contributed by atoms with Crippen LogP contribution in [0.2, 0.25) is 5.02 Å². The normalized spacial score (nSPS) is 17.3. The Hall–Kier alpha value is -2.40. The van der Waals surface area contributed by atoms with Gasteiger partial charge in [0.05, 0.1) is 16.6 Å². The van der Waals surface area contributed by atoms with Gasteiger partial charge in [0.15, 0.2) is 5.82 Å². The van der Waals surface area contributed by atoms with Crippen molar-refractivity contribution in [2.75, 3.05) is 6.54 Å². The molecule has 0 aliphatic carbocycles. The van der Waals surface area contributed by atoms with Crippen molar-refractivity contribution in [3.63, 3.8) is 0 Å². The Balaban J connectivity index is 1.70. The number of imidazole rings is 1. The average Bonchev–Trinajstić information content (AvgIpc) is 3.01. The Morgan fingerprint density at radius 2 is 2.22 bits per heavy atom. The number of hydrogen-bond acceptors (Lipinski definition) is 3. The van der Waals surface area contributed by atoms with Crippen molar-refractivity contribution in [1.29, 1.82) is 0 Å². The first-order valence-electron chi connectivity index (χ1n) is 7.54. The van der Waals surface area contributed by atoms with Gasteiger partial charge in [0.2, 0.25) is 0 Å². The molecule has 0 saturated heterocycles. The second kappa shape index (κ2) is 5.35. The molecule has 0 saturated carbocycles. The van der Waals surface area contributed by atoms with Crippen LogP contribution in [-0.2, 0) is 6.42 Å². The first kappa shape index (κ1) is 14.2. The fourth-order valence-corrected chi connectivity index (χ4v) is 3.36. The van der Waals surface area contributed by atoms with Crippen molar-refractivity contribution in [3.05, 3.63) is 58.6 Å². The number of halogens is 1. The van der Waals surface area contributed by atoms with E-state index >= 15 is 0 Å². The molecule has 1 atom stereocenters. The van der Waals surface area contributed by atoms with E-state index in [1.165, 1.54) is 0 Å². The highest BCUT2D eigenvalue weighted by molar-refractivity contribution is 6.35. The Bertz CT molecular complexity index is 904. The van der Waals surface area contributed by atoms with Gasteiger partial charge in [-0.25, -0.2) is 4.98 Å². The molecular weight excluding hydrogens is 312 g/mol. The molecule has 0 unspecified atom stereocenters. The van der Waals surface area contributed by atoms with Crippen LogP contribution in [0.4, 0.5) is 0 Å². The maximum absolute atomic E-state index is 12.9. The van der Waals surface area contributed by atoms with E-state index in [1.807, 2.05) is 36.1 Å². The Morgan fingerprint density at radius 1 is 1.35 bits per heavy atom. The summed E-state index contributed by atoms with van der Waals surface area (Å²) in [6.45, 7) is 2.65. The minimum Gasteiger partial charge on any atom is -0.334 e. The number of aromatic amines is 1. The standard InChI is InChI=1S/C17H15ClN4O/c1-10-11-4-3-8-19-13(11)7-9-22(10)17(23)16-20-14-6-2-5-12(18)15(14)21-16/h2-6,8,10H,7,9H2,1H3,(H,20,21)/t10-/m1/s1. The van der Waals surface area contributed by atoms with Crippen LogP contribution < -0.4 is 0 Å². The summed E-state index contributed by atoms with van der Waals surface area (Å²) in [6.07, 6.45) is 2.55. The summed E-state index contributed by atoms with van der Waals surface area (Å²) in [4.78, 5) is 26.6. The molecule has 1 aromatic carbocycles. The first-order chi connectivity index (χ1) is 11.1. The third-order valence-corrected chi connectivity index (χ3v) is 4.66. The van der Waals surface area contributed by atoms with E-state index in [0.29, 0.717) is 22.9 Å². The number of rotatable bonds is 1. The lowest BCUT2D eigenvalue weighted by Gasteiger charge is -2.34. The van der Waals surface area contributed by atoms with Gasteiger partial charge in [-0.15, -0.1) is 0 Å². The number of hydrogen-bond donors (Lipinski definition) is 1. The Kier molecular flexibility index (Phi) is 3.31. The molecule has 6 heteroatoms. The van der Waals surface area contributed by atoms with Gasteiger partial charge >= 0.3 is 0 Å². The highest BCUT2D eigenvalue weighted by Gasteiger charge is 2.30. The SMILES string of the molecule is C[C@@H]1c2cccnc2CCN1C(=O)c1nc2c(Cl)cccc2[nH]1. The molecule has 1 amide bonds. The highest BCUT2D eigenvalue weighted by atomic mass is 35.5. The van der Waals surface area contributed by atoms with E-state index in [2.05, 4.69) is 15.0 Å². The van der Waals surface area contributed by atoms with Gasteiger partial charge in [0.25, 0.3) is 5.91 Å². The number of para-hydroxylation sites is 1. The van der Waals surface area contributed by atoms with E-state index in [-0.39, 0.29) is 11.9 Å². The fraction of sp³-hybridized carbons (Fsp3) is 0.235. The molecule has 3 aromatic rings. The van der Waals surface area contributed by atoms with Crippen molar-refractivity contribution in [2.24, 2.45) is 0 Å². The third kappa shape index (κ3) is 2.28. The van der Waals surface area contributed by atoms with Gasteiger partial charge in [0.1, 0.15) is 5.52 Å². The maximum atomic E-state index is 12.9. The predicted octanol–water partition coefficient (Wildman–Crippen LogP) is 3.37. The minimum atomic E-state index is -0.112. The zero-order valence-corrected chi connectivity index (χ0v) is 13.3. The summed E-state index contributed by atoms with van der Waals surface area (Å²) in [5.41, 5.74) is 3.56.